The largest absolute Gasteiger partial charge is 0.482 e. The highest BCUT2D eigenvalue weighted by Crippen LogP contribution is 2.32. The van der Waals surface area contributed by atoms with Crippen molar-refractivity contribution in [2.45, 2.75) is 11.1 Å². The molecule has 0 aliphatic heterocycles. The van der Waals surface area contributed by atoms with Gasteiger partial charge in [-0.3, -0.25) is 9.52 Å². The maximum Gasteiger partial charge on any atom is 0.416 e. The summed E-state index contributed by atoms with van der Waals surface area (Å²) in [5.74, 6) is -0.327. The van der Waals surface area contributed by atoms with Gasteiger partial charge in [-0.15, -0.1) is 0 Å². The van der Waals surface area contributed by atoms with E-state index >= 15 is 0 Å². The highest BCUT2D eigenvalue weighted by molar-refractivity contribution is 7.92. The molecule has 0 aromatic heterocycles. The van der Waals surface area contributed by atoms with E-state index in [2.05, 4.69) is 10.0 Å². The Balaban J connectivity index is 2.22. The van der Waals surface area contributed by atoms with Gasteiger partial charge in [-0.05, 0) is 36.4 Å². The molecule has 0 heterocycles. The number of amides is 1. The number of hydrogen-bond acceptors (Lipinski definition) is 4. The van der Waals surface area contributed by atoms with E-state index in [-0.39, 0.29) is 28.0 Å². The van der Waals surface area contributed by atoms with Gasteiger partial charge in [-0.1, -0.05) is 17.7 Å². The Bertz CT molecular complexity index is 949. The van der Waals surface area contributed by atoms with Crippen molar-refractivity contribution in [2.75, 3.05) is 18.4 Å². The number of alkyl halides is 3. The van der Waals surface area contributed by atoms with Gasteiger partial charge in [-0.25, -0.2) is 8.42 Å². The lowest BCUT2D eigenvalue weighted by Gasteiger charge is -2.12. The van der Waals surface area contributed by atoms with Crippen LogP contribution in [0.25, 0.3) is 0 Å². The molecule has 0 aliphatic carbocycles. The fourth-order valence-electron chi connectivity index (χ4n) is 1.95. The van der Waals surface area contributed by atoms with Crippen LogP contribution in [-0.2, 0) is 21.0 Å². The number of likely N-dealkylation sites (N-methyl/N-ethyl adjacent to an activating group) is 1. The van der Waals surface area contributed by atoms with Gasteiger partial charge in [0.25, 0.3) is 15.9 Å². The molecule has 0 radical (unpaired) electrons. The van der Waals surface area contributed by atoms with Crippen LogP contribution in [0.15, 0.2) is 47.4 Å². The predicted octanol–water partition coefficient (Wildman–Crippen LogP) is 3.28. The van der Waals surface area contributed by atoms with Crippen LogP contribution in [0.5, 0.6) is 5.75 Å². The highest BCUT2D eigenvalue weighted by Gasteiger charge is 2.30. The Kier molecular flexibility index (Phi) is 6.22. The van der Waals surface area contributed by atoms with Gasteiger partial charge in [0.2, 0.25) is 0 Å². The topological polar surface area (TPSA) is 84.5 Å². The molecule has 1 amide bonds. The molecule has 0 unspecified atom stereocenters. The fraction of sp³-hybridized carbons (Fsp3) is 0.188. The molecule has 0 fully saturated rings. The maximum atomic E-state index is 12.7. The Morgan fingerprint density at radius 2 is 1.89 bits per heavy atom. The molecule has 146 valence electrons. The van der Waals surface area contributed by atoms with Crippen molar-refractivity contribution in [3.05, 3.63) is 53.1 Å². The lowest BCUT2D eigenvalue weighted by Crippen LogP contribution is -2.24. The van der Waals surface area contributed by atoms with Crippen LogP contribution in [0.3, 0.4) is 0 Å². The van der Waals surface area contributed by atoms with Crippen LogP contribution in [0.1, 0.15) is 5.56 Å². The zero-order valence-corrected chi connectivity index (χ0v) is 15.4. The minimum atomic E-state index is -4.60. The summed E-state index contributed by atoms with van der Waals surface area (Å²) < 4.78 is 70.2. The number of rotatable bonds is 6. The van der Waals surface area contributed by atoms with Crippen molar-refractivity contribution in [3.63, 3.8) is 0 Å². The first-order chi connectivity index (χ1) is 12.5. The number of carbonyl (C=O) groups excluding carboxylic acids is 1. The van der Waals surface area contributed by atoms with E-state index in [1.54, 1.807) is 0 Å². The number of benzene rings is 2. The Morgan fingerprint density at radius 1 is 1.19 bits per heavy atom. The van der Waals surface area contributed by atoms with Crippen molar-refractivity contribution < 1.29 is 31.1 Å². The molecular weight excluding hydrogens is 409 g/mol. The molecule has 2 aromatic rings. The first-order valence-corrected chi connectivity index (χ1v) is 9.22. The van der Waals surface area contributed by atoms with Crippen molar-refractivity contribution in [2.24, 2.45) is 0 Å². The molecule has 0 spiro atoms. The second-order valence-electron chi connectivity index (χ2n) is 5.24. The standard InChI is InChI=1S/C16H14ClF3N2O4S/c1-21-15(23)9-26-14-6-5-12(8-13(14)17)27(24,25)22-11-4-2-3-10(7-11)16(18,19)20/h2-8,22H,9H2,1H3,(H,21,23). The lowest BCUT2D eigenvalue weighted by atomic mass is 10.2. The fourth-order valence-corrected chi connectivity index (χ4v) is 3.33. The third-order valence-corrected chi connectivity index (χ3v) is 4.97. The molecule has 2 rings (SSSR count). The van der Waals surface area contributed by atoms with Gasteiger partial charge < -0.3 is 10.1 Å². The predicted molar refractivity (Wildman–Crippen MR) is 93.3 cm³/mol. The van der Waals surface area contributed by atoms with Crippen LogP contribution in [0.2, 0.25) is 5.02 Å². The van der Waals surface area contributed by atoms with Crippen molar-refractivity contribution >= 4 is 33.2 Å². The van der Waals surface area contributed by atoms with Crippen molar-refractivity contribution in [1.29, 1.82) is 0 Å². The Morgan fingerprint density at radius 3 is 2.48 bits per heavy atom. The van der Waals surface area contributed by atoms with Crippen LogP contribution >= 0.6 is 11.6 Å². The van der Waals surface area contributed by atoms with Crippen molar-refractivity contribution in [3.8, 4) is 5.75 Å². The number of halogens is 4. The normalized spacial score (nSPS) is 11.7. The van der Waals surface area contributed by atoms with E-state index in [1.807, 2.05) is 0 Å². The number of hydrogen-bond donors (Lipinski definition) is 2. The molecule has 11 heteroatoms. The summed E-state index contributed by atoms with van der Waals surface area (Å²) in [6.07, 6.45) is -4.60. The Hall–Kier alpha value is -2.46. The number of nitrogens with one attached hydrogen (secondary N) is 2. The van der Waals surface area contributed by atoms with Gasteiger partial charge in [-0.2, -0.15) is 13.2 Å². The lowest BCUT2D eigenvalue weighted by molar-refractivity contribution is -0.137. The molecule has 27 heavy (non-hydrogen) atoms. The van der Waals surface area contributed by atoms with E-state index in [0.29, 0.717) is 6.07 Å². The smallest absolute Gasteiger partial charge is 0.416 e. The number of sulfonamides is 1. The Labute approximate surface area is 158 Å². The van der Waals surface area contributed by atoms with Crippen LogP contribution < -0.4 is 14.8 Å². The van der Waals surface area contributed by atoms with Gasteiger partial charge in [0.15, 0.2) is 6.61 Å². The summed E-state index contributed by atoms with van der Waals surface area (Å²) in [6.45, 7) is -0.315. The number of ether oxygens (including phenoxy) is 1. The summed E-state index contributed by atoms with van der Waals surface area (Å²) in [7, 11) is -2.77. The first kappa shape index (κ1) is 20.8. The third kappa shape index (κ3) is 5.51. The maximum absolute atomic E-state index is 12.7. The number of anilines is 1. The summed E-state index contributed by atoms with van der Waals surface area (Å²) in [6, 6.07) is 7.25. The average molecular weight is 423 g/mol. The molecule has 0 saturated heterocycles. The molecule has 2 aromatic carbocycles. The molecule has 0 saturated carbocycles. The monoisotopic (exact) mass is 422 g/mol. The van der Waals surface area contributed by atoms with Crippen LogP contribution in [0.4, 0.5) is 18.9 Å². The quantitative estimate of drug-likeness (QED) is 0.748. The van der Waals surface area contributed by atoms with Gasteiger partial charge in [0.1, 0.15) is 5.75 Å². The number of carbonyl (C=O) groups is 1. The van der Waals surface area contributed by atoms with E-state index in [4.69, 9.17) is 16.3 Å². The SMILES string of the molecule is CNC(=O)COc1ccc(S(=O)(=O)Nc2cccc(C(F)(F)F)c2)cc1Cl. The van der Waals surface area contributed by atoms with E-state index in [1.165, 1.54) is 19.2 Å². The minimum absolute atomic E-state index is 0.0779. The van der Waals surface area contributed by atoms with Crippen LogP contribution in [-0.4, -0.2) is 28.0 Å². The molecule has 0 aliphatic rings. The molecule has 2 N–H and O–H groups in total. The zero-order valence-electron chi connectivity index (χ0n) is 13.8. The first-order valence-electron chi connectivity index (χ1n) is 7.36. The molecule has 6 nitrogen and oxygen atoms in total. The second-order valence-corrected chi connectivity index (χ2v) is 7.33. The van der Waals surface area contributed by atoms with Crippen molar-refractivity contribution in [1.82, 2.24) is 5.32 Å². The molecule has 0 bridgehead atoms. The minimum Gasteiger partial charge on any atom is -0.482 e. The van der Waals surface area contributed by atoms with Gasteiger partial charge >= 0.3 is 6.18 Å². The average Bonchev–Trinajstić information content (AvgIpc) is 2.59. The second kappa shape index (κ2) is 8.05. The van der Waals surface area contributed by atoms with E-state index in [9.17, 15) is 26.4 Å². The van der Waals surface area contributed by atoms with Gasteiger partial charge in [0, 0.05) is 12.7 Å². The van der Waals surface area contributed by atoms with E-state index < -0.39 is 27.7 Å². The summed E-state index contributed by atoms with van der Waals surface area (Å²) in [5, 5.41) is 2.26. The van der Waals surface area contributed by atoms with E-state index in [0.717, 1.165) is 24.3 Å². The summed E-state index contributed by atoms with van der Waals surface area (Å²) >= 11 is 5.95. The summed E-state index contributed by atoms with van der Waals surface area (Å²) in [4.78, 5) is 10.9. The van der Waals surface area contributed by atoms with Gasteiger partial charge in [0.05, 0.1) is 15.5 Å². The van der Waals surface area contributed by atoms with Crippen LogP contribution in [0, 0.1) is 0 Å². The molecular formula is C16H14ClF3N2O4S. The summed E-state index contributed by atoms with van der Waals surface area (Å²) in [5.41, 5.74) is -1.24. The zero-order chi connectivity index (χ0) is 20.2. The third-order valence-electron chi connectivity index (χ3n) is 3.29. The highest BCUT2D eigenvalue weighted by atomic mass is 35.5. The molecule has 0 atom stereocenters.